The molecule has 0 bridgehead atoms. The lowest BCUT2D eigenvalue weighted by Crippen LogP contribution is -2.19. The number of rotatable bonds is 2. The molecule has 112 valence electrons. The highest BCUT2D eigenvalue weighted by Gasteiger charge is 2.17. The van der Waals surface area contributed by atoms with Gasteiger partial charge < -0.3 is 9.64 Å². The zero-order valence-corrected chi connectivity index (χ0v) is 12.1. The van der Waals surface area contributed by atoms with Crippen molar-refractivity contribution in [3.8, 4) is 5.75 Å². The van der Waals surface area contributed by atoms with Gasteiger partial charge in [-0.2, -0.15) is 0 Å². The van der Waals surface area contributed by atoms with Gasteiger partial charge >= 0.3 is 0 Å². The number of amides is 1. The van der Waals surface area contributed by atoms with Gasteiger partial charge in [0.25, 0.3) is 5.91 Å². The van der Waals surface area contributed by atoms with Crippen molar-refractivity contribution < 1.29 is 14.7 Å². The van der Waals surface area contributed by atoms with E-state index >= 15 is 0 Å². The maximum absolute atomic E-state index is 11.5. The Morgan fingerprint density at radius 2 is 2.00 bits per heavy atom. The van der Waals surface area contributed by atoms with Crippen LogP contribution in [0.5, 0.6) is 5.75 Å². The lowest BCUT2D eigenvalue weighted by Gasteiger charge is -2.19. The molecule has 0 unspecified atom stereocenters. The minimum absolute atomic E-state index is 0.349. The summed E-state index contributed by atoms with van der Waals surface area (Å²) in [5, 5.41) is 8.73. The van der Waals surface area contributed by atoms with E-state index in [9.17, 15) is 4.79 Å². The average Bonchev–Trinajstić information content (AvgIpc) is 2.72. The summed E-state index contributed by atoms with van der Waals surface area (Å²) in [7, 11) is 0. The van der Waals surface area contributed by atoms with Gasteiger partial charge in [-0.25, -0.2) is 5.48 Å². The number of para-hydroxylation sites is 1. The molecule has 2 N–H and O–H groups in total. The van der Waals surface area contributed by atoms with E-state index < -0.39 is 5.91 Å². The maximum Gasteiger partial charge on any atom is 0.274 e. The van der Waals surface area contributed by atoms with Crippen molar-refractivity contribution in [2.45, 2.75) is 13.5 Å². The summed E-state index contributed by atoms with van der Waals surface area (Å²) in [6.07, 6.45) is 1.93. The zero-order chi connectivity index (χ0) is 15.5. The van der Waals surface area contributed by atoms with Gasteiger partial charge in [-0.1, -0.05) is 24.3 Å². The van der Waals surface area contributed by atoms with Gasteiger partial charge in [0.1, 0.15) is 11.5 Å². The molecule has 0 aromatic heterocycles. The Morgan fingerprint density at radius 3 is 2.73 bits per heavy atom. The highest BCUT2D eigenvalue weighted by molar-refractivity contribution is 5.93. The molecular formula is C17H16N2O3. The Labute approximate surface area is 128 Å². The number of allylic oxidation sites excluding steroid dienone is 1. The number of fused-ring (bicyclic) bond motifs is 1. The van der Waals surface area contributed by atoms with E-state index in [0.29, 0.717) is 17.9 Å². The molecule has 22 heavy (non-hydrogen) atoms. The van der Waals surface area contributed by atoms with Crippen LogP contribution in [0.2, 0.25) is 0 Å². The van der Waals surface area contributed by atoms with Gasteiger partial charge in [-0.15, -0.1) is 0 Å². The van der Waals surface area contributed by atoms with Crippen LogP contribution in [-0.2, 0) is 6.54 Å². The Hall–Kier alpha value is -2.79. The minimum Gasteiger partial charge on any atom is -0.460 e. The summed E-state index contributed by atoms with van der Waals surface area (Å²) in [4.78, 5) is 13.6. The van der Waals surface area contributed by atoms with Gasteiger partial charge in [0.05, 0.1) is 6.54 Å². The van der Waals surface area contributed by atoms with E-state index in [4.69, 9.17) is 9.94 Å². The summed E-state index contributed by atoms with van der Waals surface area (Å²) >= 11 is 0. The van der Waals surface area contributed by atoms with Crippen LogP contribution in [0, 0.1) is 0 Å². The molecule has 0 saturated heterocycles. The highest BCUT2D eigenvalue weighted by Crippen LogP contribution is 2.29. The van der Waals surface area contributed by atoms with Gasteiger partial charge in [-0.3, -0.25) is 10.0 Å². The second kappa shape index (κ2) is 5.91. The topological polar surface area (TPSA) is 61.8 Å². The fourth-order valence-electron chi connectivity index (χ4n) is 2.42. The van der Waals surface area contributed by atoms with E-state index in [1.165, 1.54) is 0 Å². The fraction of sp³-hybridized carbons (Fsp3) is 0.118. The number of nitrogens with one attached hydrogen (secondary N) is 1. The van der Waals surface area contributed by atoms with Crippen LogP contribution in [0.25, 0.3) is 0 Å². The van der Waals surface area contributed by atoms with E-state index in [0.717, 1.165) is 17.0 Å². The van der Waals surface area contributed by atoms with Crippen molar-refractivity contribution in [3.05, 3.63) is 71.6 Å². The van der Waals surface area contributed by atoms with Gasteiger partial charge in [0.2, 0.25) is 0 Å². The first kappa shape index (κ1) is 14.2. The SMILES string of the molecule is CC1=CN(c2ccccc2)Cc2ccc(C(=O)NO)cc2O1. The number of hydrogen-bond acceptors (Lipinski definition) is 4. The summed E-state index contributed by atoms with van der Waals surface area (Å²) in [6.45, 7) is 2.50. The second-order valence-electron chi connectivity index (χ2n) is 5.07. The molecule has 0 radical (unpaired) electrons. The summed E-state index contributed by atoms with van der Waals surface area (Å²) in [6, 6.07) is 15.1. The summed E-state index contributed by atoms with van der Waals surface area (Å²) < 4.78 is 5.80. The molecule has 0 aliphatic carbocycles. The molecule has 0 atom stereocenters. The molecule has 1 aliphatic rings. The van der Waals surface area contributed by atoms with Crippen molar-refractivity contribution >= 4 is 11.6 Å². The molecule has 2 aromatic carbocycles. The van der Waals surface area contributed by atoms with Gasteiger partial charge in [0.15, 0.2) is 0 Å². The molecule has 0 fully saturated rings. The predicted octanol–water partition coefficient (Wildman–Crippen LogP) is 3.07. The molecule has 1 amide bonds. The largest absolute Gasteiger partial charge is 0.460 e. The Kier molecular flexibility index (Phi) is 3.80. The third-order valence-corrected chi connectivity index (χ3v) is 3.47. The number of carbonyl (C=O) groups is 1. The molecule has 3 rings (SSSR count). The number of ether oxygens (including phenoxy) is 1. The highest BCUT2D eigenvalue weighted by atomic mass is 16.5. The third-order valence-electron chi connectivity index (χ3n) is 3.47. The molecule has 0 saturated carbocycles. The van der Waals surface area contributed by atoms with Gasteiger partial charge in [0, 0.05) is 23.0 Å². The van der Waals surface area contributed by atoms with Crippen LogP contribution in [0.1, 0.15) is 22.8 Å². The Bertz CT molecular complexity index is 726. The number of hydroxylamine groups is 1. The number of carbonyl (C=O) groups excluding carboxylic acids is 1. The summed E-state index contributed by atoms with van der Waals surface area (Å²) in [5.74, 6) is 0.787. The van der Waals surface area contributed by atoms with E-state index in [1.807, 2.05) is 49.5 Å². The van der Waals surface area contributed by atoms with Crippen LogP contribution >= 0.6 is 0 Å². The van der Waals surface area contributed by atoms with Crippen LogP contribution in [0.4, 0.5) is 5.69 Å². The van der Waals surface area contributed by atoms with Crippen LogP contribution in [0.3, 0.4) is 0 Å². The van der Waals surface area contributed by atoms with Crippen molar-refractivity contribution in [2.75, 3.05) is 4.90 Å². The lowest BCUT2D eigenvalue weighted by atomic mass is 10.1. The number of nitrogens with zero attached hydrogens (tertiary/aromatic N) is 1. The number of anilines is 1. The maximum atomic E-state index is 11.5. The molecule has 0 spiro atoms. The minimum atomic E-state index is -0.558. The van der Waals surface area contributed by atoms with Crippen LogP contribution in [0.15, 0.2) is 60.5 Å². The average molecular weight is 296 g/mol. The lowest BCUT2D eigenvalue weighted by molar-refractivity contribution is 0.0706. The Morgan fingerprint density at radius 1 is 1.23 bits per heavy atom. The molecule has 5 heteroatoms. The predicted molar refractivity (Wildman–Crippen MR) is 82.7 cm³/mol. The van der Waals surface area contributed by atoms with Crippen molar-refractivity contribution in [2.24, 2.45) is 0 Å². The Balaban J connectivity index is 1.97. The van der Waals surface area contributed by atoms with E-state index in [2.05, 4.69) is 4.90 Å². The van der Waals surface area contributed by atoms with Crippen molar-refractivity contribution in [1.82, 2.24) is 5.48 Å². The smallest absolute Gasteiger partial charge is 0.274 e. The number of benzene rings is 2. The molecule has 5 nitrogen and oxygen atoms in total. The quantitative estimate of drug-likeness (QED) is 0.660. The number of hydrogen-bond donors (Lipinski definition) is 2. The first-order valence-corrected chi connectivity index (χ1v) is 6.92. The molecule has 1 heterocycles. The standard InChI is InChI=1S/C17H16N2O3/c1-12-10-19(15-5-3-2-4-6-15)11-14-8-7-13(17(20)18-21)9-16(14)22-12/h2-10,21H,11H2,1H3,(H,18,20). The van der Waals surface area contributed by atoms with Crippen LogP contribution < -0.4 is 15.1 Å². The first-order valence-electron chi connectivity index (χ1n) is 6.92. The fourth-order valence-corrected chi connectivity index (χ4v) is 2.42. The summed E-state index contributed by atoms with van der Waals surface area (Å²) in [5.41, 5.74) is 4.01. The molecule has 1 aliphatic heterocycles. The normalized spacial score (nSPS) is 13.5. The van der Waals surface area contributed by atoms with Crippen molar-refractivity contribution in [1.29, 1.82) is 0 Å². The third kappa shape index (κ3) is 2.80. The molecule has 2 aromatic rings. The van der Waals surface area contributed by atoms with Crippen molar-refractivity contribution in [3.63, 3.8) is 0 Å². The second-order valence-corrected chi connectivity index (χ2v) is 5.07. The monoisotopic (exact) mass is 296 g/mol. The molecular weight excluding hydrogens is 280 g/mol. The van der Waals surface area contributed by atoms with Crippen LogP contribution in [-0.4, -0.2) is 11.1 Å². The van der Waals surface area contributed by atoms with E-state index in [1.54, 1.807) is 17.6 Å². The zero-order valence-electron chi connectivity index (χ0n) is 12.1. The first-order chi connectivity index (χ1) is 10.7. The van der Waals surface area contributed by atoms with Gasteiger partial charge in [-0.05, 0) is 31.2 Å². The van der Waals surface area contributed by atoms with E-state index in [-0.39, 0.29) is 0 Å².